The van der Waals surface area contributed by atoms with Gasteiger partial charge in [-0.1, -0.05) is 0 Å². The summed E-state index contributed by atoms with van der Waals surface area (Å²) < 4.78 is 5.30. The monoisotopic (exact) mass is 216 g/mol. The SMILES string of the molecule is COc1ccc(NC(C)C)c2cccnc12. The number of hydrogen-bond acceptors (Lipinski definition) is 3. The van der Waals surface area contributed by atoms with Crippen LogP contribution in [0.15, 0.2) is 30.5 Å². The molecule has 1 N–H and O–H groups in total. The standard InChI is InChI=1S/C13H16N2O/c1-9(2)15-11-6-7-12(16-3)13-10(11)5-4-8-14-13/h4-9,15H,1-3H3. The van der Waals surface area contributed by atoms with Gasteiger partial charge in [0.05, 0.1) is 7.11 Å². The van der Waals surface area contributed by atoms with Gasteiger partial charge < -0.3 is 10.1 Å². The summed E-state index contributed by atoms with van der Waals surface area (Å²) in [5.74, 6) is 0.810. The van der Waals surface area contributed by atoms with Crippen molar-refractivity contribution in [3.63, 3.8) is 0 Å². The van der Waals surface area contributed by atoms with Gasteiger partial charge in [0.2, 0.25) is 0 Å². The number of anilines is 1. The molecule has 2 aromatic rings. The zero-order chi connectivity index (χ0) is 11.5. The molecule has 0 unspecified atom stereocenters. The Labute approximate surface area is 95.5 Å². The molecule has 1 aromatic heterocycles. The van der Waals surface area contributed by atoms with Crippen LogP contribution in [0, 0.1) is 0 Å². The summed E-state index contributed by atoms with van der Waals surface area (Å²) in [5, 5.41) is 4.50. The molecule has 0 aliphatic heterocycles. The van der Waals surface area contributed by atoms with Gasteiger partial charge in [0, 0.05) is 23.3 Å². The van der Waals surface area contributed by atoms with E-state index in [1.807, 2.05) is 18.2 Å². The van der Waals surface area contributed by atoms with Crippen LogP contribution in [0.4, 0.5) is 5.69 Å². The molecular weight excluding hydrogens is 200 g/mol. The van der Waals surface area contributed by atoms with Crippen molar-refractivity contribution in [2.45, 2.75) is 19.9 Å². The Bertz CT molecular complexity index is 494. The number of rotatable bonds is 3. The van der Waals surface area contributed by atoms with E-state index in [4.69, 9.17) is 4.74 Å². The maximum absolute atomic E-state index is 5.30. The van der Waals surface area contributed by atoms with Gasteiger partial charge in [0.1, 0.15) is 11.3 Å². The van der Waals surface area contributed by atoms with E-state index in [9.17, 15) is 0 Å². The van der Waals surface area contributed by atoms with E-state index in [-0.39, 0.29) is 0 Å². The molecular formula is C13H16N2O. The second-order valence-electron chi connectivity index (χ2n) is 4.01. The van der Waals surface area contributed by atoms with Gasteiger partial charge in [-0.05, 0) is 38.1 Å². The van der Waals surface area contributed by atoms with E-state index in [2.05, 4.69) is 30.2 Å². The Balaban J connectivity index is 2.60. The van der Waals surface area contributed by atoms with Gasteiger partial charge >= 0.3 is 0 Å². The van der Waals surface area contributed by atoms with Gasteiger partial charge in [-0.2, -0.15) is 0 Å². The van der Waals surface area contributed by atoms with Crippen molar-refractivity contribution in [2.75, 3.05) is 12.4 Å². The molecule has 0 fully saturated rings. The Morgan fingerprint density at radius 1 is 1.25 bits per heavy atom. The minimum atomic E-state index is 0.400. The number of pyridine rings is 1. The van der Waals surface area contributed by atoms with Gasteiger partial charge in [-0.15, -0.1) is 0 Å². The van der Waals surface area contributed by atoms with Crippen LogP contribution in [0.25, 0.3) is 10.9 Å². The van der Waals surface area contributed by atoms with Crippen molar-refractivity contribution >= 4 is 16.6 Å². The number of benzene rings is 1. The average molecular weight is 216 g/mol. The van der Waals surface area contributed by atoms with E-state index >= 15 is 0 Å². The Kier molecular flexibility index (Phi) is 2.95. The van der Waals surface area contributed by atoms with Crippen LogP contribution < -0.4 is 10.1 Å². The first-order valence-corrected chi connectivity index (χ1v) is 5.40. The lowest BCUT2D eigenvalue weighted by atomic mass is 10.1. The zero-order valence-corrected chi connectivity index (χ0v) is 9.82. The van der Waals surface area contributed by atoms with E-state index < -0.39 is 0 Å². The normalized spacial score (nSPS) is 10.8. The summed E-state index contributed by atoms with van der Waals surface area (Å²) >= 11 is 0. The molecule has 0 amide bonds. The molecule has 84 valence electrons. The maximum Gasteiger partial charge on any atom is 0.145 e. The molecule has 3 heteroatoms. The lowest BCUT2D eigenvalue weighted by Crippen LogP contribution is -2.10. The number of aromatic nitrogens is 1. The molecule has 0 spiro atoms. The van der Waals surface area contributed by atoms with Crippen LogP contribution in [-0.2, 0) is 0 Å². The molecule has 0 saturated carbocycles. The Hall–Kier alpha value is -1.77. The summed E-state index contributed by atoms with van der Waals surface area (Å²) in [6.45, 7) is 4.23. The maximum atomic E-state index is 5.30. The summed E-state index contributed by atoms with van der Waals surface area (Å²) in [4.78, 5) is 4.35. The van der Waals surface area contributed by atoms with Crippen LogP contribution in [0.1, 0.15) is 13.8 Å². The number of ether oxygens (including phenoxy) is 1. The molecule has 1 heterocycles. The van der Waals surface area contributed by atoms with E-state index in [0.717, 1.165) is 22.3 Å². The van der Waals surface area contributed by atoms with E-state index in [1.165, 1.54) is 0 Å². The average Bonchev–Trinajstić information content (AvgIpc) is 2.29. The first-order valence-electron chi connectivity index (χ1n) is 5.40. The fourth-order valence-corrected chi connectivity index (χ4v) is 1.75. The summed E-state index contributed by atoms with van der Waals surface area (Å²) in [6, 6.07) is 8.36. The number of nitrogens with zero attached hydrogens (tertiary/aromatic N) is 1. The summed E-state index contributed by atoms with van der Waals surface area (Å²) in [7, 11) is 1.67. The van der Waals surface area contributed by atoms with Crippen molar-refractivity contribution in [1.29, 1.82) is 0 Å². The molecule has 0 aliphatic carbocycles. The van der Waals surface area contributed by atoms with Crippen LogP contribution >= 0.6 is 0 Å². The molecule has 0 saturated heterocycles. The molecule has 2 rings (SSSR count). The van der Waals surface area contributed by atoms with Gasteiger partial charge in [-0.25, -0.2) is 0 Å². The number of hydrogen-bond donors (Lipinski definition) is 1. The van der Waals surface area contributed by atoms with Gasteiger partial charge in [0.15, 0.2) is 0 Å². The van der Waals surface area contributed by atoms with Crippen molar-refractivity contribution in [3.8, 4) is 5.75 Å². The second-order valence-corrected chi connectivity index (χ2v) is 4.01. The minimum Gasteiger partial charge on any atom is -0.494 e. The van der Waals surface area contributed by atoms with Crippen molar-refractivity contribution < 1.29 is 4.74 Å². The molecule has 3 nitrogen and oxygen atoms in total. The Morgan fingerprint density at radius 2 is 2.06 bits per heavy atom. The highest BCUT2D eigenvalue weighted by atomic mass is 16.5. The number of fused-ring (bicyclic) bond motifs is 1. The predicted octanol–water partition coefficient (Wildman–Crippen LogP) is 3.06. The number of nitrogens with one attached hydrogen (secondary N) is 1. The van der Waals surface area contributed by atoms with E-state index in [0.29, 0.717) is 6.04 Å². The number of methoxy groups -OCH3 is 1. The van der Waals surface area contributed by atoms with E-state index in [1.54, 1.807) is 13.3 Å². The third kappa shape index (κ3) is 1.94. The quantitative estimate of drug-likeness (QED) is 0.856. The molecule has 16 heavy (non-hydrogen) atoms. The third-order valence-electron chi connectivity index (χ3n) is 2.40. The lowest BCUT2D eigenvalue weighted by molar-refractivity contribution is 0.419. The highest BCUT2D eigenvalue weighted by Crippen LogP contribution is 2.29. The fourth-order valence-electron chi connectivity index (χ4n) is 1.75. The highest BCUT2D eigenvalue weighted by Gasteiger charge is 2.07. The van der Waals surface area contributed by atoms with Crippen LogP contribution in [0.5, 0.6) is 5.75 Å². The van der Waals surface area contributed by atoms with Crippen molar-refractivity contribution in [3.05, 3.63) is 30.5 Å². The predicted molar refractivity (Wildman–Crippen MR) is 67.1 cm³/mol. The summed E-state index contributed by atoms with van der Waals surface area (Å²) in [6.07, 6.45) is 1.78. The highest BCUT2D eigenvalue weighted by molar-refractivity contribution is 5.95. The van der Waals surface area contributed by atoms with Crippen molar-refractivity contribution in [1.82, 2.24) is 4.98 Å². The lowest BCUT2D eigenvalue weighted by Gasteiger charge is -2.13. The minimum absolute atomic E-state index is 0.400. The van der Waals surface area contributed by atoms with Crippen LogP contribution in [-0.4, -0.2) is 18.1 Å². The summed E-state index contributed by atoms with van der Waals surface area (Å²) in [5.41, 5.74) is 1.99. The first-order chi connectivity index (χ1) is 7.72. The zero-order valence-electron chi connectivity index (χ0n) is 9.82. The smallest absolute Gasteiger partial charge is 0.145 e. The second kappa shape index (κ2) is 4.39. The molecule has 0 radical (unpaired) electrons. The molecule has 0 bridgehead atoms. The molecule has 0 atom stereocenters. The largest absolute Gasteiger partial charge is 0.494 e. The van der Waals surface area contributed by atoms with Crippen LogP contribution in [0.3, 0.4) is 0 Å². The van der Waals surface area contributed by atoms with Gasteiger partial charge in [-0.3, -0.25) is 4.98 Å². The topological polar surface area (TPSA) is 34.1 Å². The van der Waals surface area contributed by atoms with Crippen LogP contribution in [0.2, 0.25) is 0 Å². The van der Waals surface area contributed by atoms with Gasteiger partial charge in [0.25, 0.3) is 0 Å². The molecule has 1 aromatic carbocycles. The first kappa shape index (κ1) is 10.7. The Morgan fingerprint density at radius 3 is 2.75 bits per heavy atom. The molecule has 0 aliphatic rings. The third-order valence-corrected chi connectivity index (χ3v) is 2.40. The fraction of sp³-hybridized carbons (Fsp3) is 0.308. The van der Waals surface area contributed by atoms with Crippen molar-refractivity contribution in [2.24, 2.45) is 0 Å².